The van der Waals surface area contributed by atoms with Crippen LogP contribution in [0, 0.1) is 6.92 Å². The lowest BCUT2D eigenvalue weighted by atomic mass is 10.0. The molecule has 2 aromatic carbocycles. The van der Waals surface area contributed by atoms with Gasteiger partial charge in [0.1, 0.15) is 0 Å². The lowest BCUT2D eigenvalue weighted by Crippen LogP contribution is -2.23. The number of hydrogen-bond donors (Lipinski definition) is 1. The molecule has 1 N–H and O–H groups in total. The Labute approximate surface area is 128 Å². The smallest absolute Gasteiger partial charge is 0.220 e. The van der Waals surface area contributed by atoms with Crippen LogP contribution in [0.15, 0.2) is 53.0 Å². The number of halogens is 1. The summed E-state index contributed by atoms with van der Waals surface area (Å²) in [6.07, 6.45) is 1.32. The zero-order valence-corrected chi connectivity index (χ0v) is 13.1. The minimum Gasteiger partial charge on any atom is -0.352 e. The van der Waals surface area contributed by atoms with Gasteiger partial charge in [-0.05, 0) is 42.2 Å². The van der Waals surface area contributed by atoms with E-state index in [-0.39, 0.29) is 5.91 Å². The summed E-state index contributed by atoms with van der Waals surface area (Å²) in [6.45, 7) is 2.65. The van der Waals surface area contributed by atoms with Crippen molar-refractivity contribution >= 4 is 21.8 Å². The average molecular weight is 332 g/mol. The van der Waals surface area contributed by atoms with Crippen molar-refractivity contribution in [2.24, 2.45) is 0 Å². The molecule has 3 heteroatoms. The molecule has 104 valence electrons. The maximum atomic E-state index is 11.9. The van der Waals surface area contributed by atoms with Gasteiger partial charge in [-0.2, -0.15) is 0 Å². The number of aryl methyl sites for hydroxylation is 2. The van der Waals surface area contributed by atoms with Crippen LogP contribution in [0.1, 0.15) is 23.1 Å². The summed E-state index contributed by atoms with van der Waals surface area (Å²) >= 11 is 3.43. The molecule has 2 nitrogen and oxygen atoms in total. The number of rotatable bonds is 5. The highest BCUT2D eigenvalue weighted by Crippen LogP contribution is 2.12. The second-order valence-electron chi connectivity index (χ2n) is 4.83. The van der Waals surface area contributed by atoms with Crippen LogP contribution in [0.25, 0.3) is 0 Å². The molecule has 0 aliphatic carbocycles. The van der Waals surface area contributed by atoms with Crippen molar-refractivity contribution in [1.29, 1.82) is 0 Å². The molecule has 20 heavy (non-hydrogen) atoms. The Kier molecular flexibility index (Phi) is 5.36. The second-order valence-corrected chi connectivity index (χ2v) is 5.75. The quantitative estimate of drug-likeness (QED) is 0.881. The molecular weight excluding hydrogens is 314 g/mol. The van der Waals surface area contributed by atoms with E-state index >= 15 is 0 Å². The highest BCUT2D eigenvalue weighted by atomic mass is 79.9. The third-order valence-corrected chi connectivity index (χ3v) is 3.75. The first-order valence-corrected chi connectivity index (χ1v) is 7.50. The van der Waals surface area contributed by atoms with E-state index in [9.17, 15) is 4.79 Å². The number of amides is 1. The van der Waals surface area contributed by atoms with Gasteiger partial charge in [0.25, 0.3) is 0 Å². The number of hydrogen-bond acceptors (Lipinski definition) is 1. The fourth-order valence-electron chi connectivity index (χ4n) is 2.07. The first kappa shape index (κ1) is 14.8. The average Bonchev–Trinajstić information content (AvgIpc) is 2.44. The molecule has 0 spiro atoms. The summed E-state index contributed by atoms with van der Waals surface area (Å²) in [4.78, 5) is 11.9. The molecule has 0 aromatic heterocycles. The normalized spacial score (nSPS) is 10.3. The van der Waals surface area contributed by atoms with Crippen LogP contribution < -0.4 is 5.32 Å². The fourth-order valence-corrected chi connectivity index (χ4v) is 2.52. The van der Waals surface area contributed by atoms with Crippen LogP contribution in [-0.4, -0.2) is 5.91 Å². The lowest BCUT2D eigenvalue weighted by molar-refractivity contribution is -0.121. The van der Waals surface area contributed by atoms with E-state index in [0.29, 0.717) is 13.0 Å². The van der Waals surface area contributed by atoms with Gasteiger partial charge in [0.2, 0.25) is 5.91 Å². The van der Waals surface area contributed by atoms with Crippen molar-refractivity contribution < 1.29 is 4.79 Å². The van der Waals surface area contributed by atoms with Gasteiger partial charge < -0.3 is 5.32 Å². The third-order valence-electron chi connectivity index (χ3n) is 3.26. The Morgan fingerprint density at radius 3 is 2.70 bits per heavy atom. The van der Waals surface area contributed by atoms with Gasteiger partial charge in [-0.3, -0.25) is 4.79 Å². The Balaban J connectivity index is 1.80. The van der Waals surface area contributed by atoms with Crippen molar-refractivity contribution in [2.75, 3.05) is 0 Å². The molecule has 0 radical (unpaired) electrons. The van der Waals surface area contributed by atoms with E-state index in [1.165, 1.54) is 11.1 Å². The first-order chi connectivity index (χ1) is 9.65. The number of carbonyl (C=O) groups is 1. The second kappa shape index (κ2) is 7.25. The molecule has 2 rings (SSSR count). The minimum absolute atomic E-state index is 0.0910. The van der Waals surface area contributed by atoms with Gasteiger partial charge in [0, 0.05) is 17.4 Å². The predicted molar refractivity (Wildman–Crippen MR) is 85.5 cm³/mol. The Hall–Kier alpha value is -1.61. The van der Waals surface area contributed by atoms with Gasteiger partial charge in [0.05, 0.1) is 0 Å². The Bertz CT molecular complexity index is 595. The summed E-state index contributed by atoms with van der Waals surface area (Å²) in [6, 6.07) is 16.2. The minimum atomic E-state index is 0.0910. The molecule has 2 aromatic rings. The van der Waals surface area contributed by atoms with E-state index < -0.39 is 0 Å². The molecular formula is C17H18BrNO. The Morgan fingerprint density at radius 2 is 1.95 bits per heavy atom. The molecule has 0 fully saturated rings. The zero-order valence-electron chi connectivity index (χ0n) is 11.5. The van der Waals surface area contributed by atoms with Crippen molar-refractivity contribution in [3.05, 3.63) is 69.7 Å². The molecule has 0 saturated heterocycles. The Morgan fingerprint density at radius 1 is 1.15 bits per heavy atom. The topological polar surface area (TPSA) is 29.1 Å². The van der Waals surface area contributed by atoms with E-state index in [0.717, 1.165) is 16.5 Å². The van der Waals surface area contributed by atoms with E-state index in [1.54, 1.807) is 0 Å². The van der Waals surface area contributed by atoms with Gasteiger partial charge in [-0.15, -0.1) is 0 Å². The van der Waals surface area contributed by atoms with Gasteiger partial charge >= 0.3 is 0 Å². The van der Waals surface area contributed by atoms with Crippen LogP contribution in [0.2, 0.25) is 0 Å². The summed E-state index contributed by atoms with van der Waals surface area (Å²) in [5, 5.41) is 2.96. The lowest BCUT2D eigenvalue weighted by Gasteiger charge is -2.07. The van der Waals surface area contributed by atoms with E-state index in [1.807, 2.05) is 36.4 Å². The summed E-state index contributed by atoms with van der Waals surface area (Å²) < 4.78 is 1.03. The first-order valence-electron chi connectivity index (χ1n) is 6.71. The van der Waals surface area contributed by atoms with Crippen LogP contribution >= 0.6 is 15.9 Å². The molecule has 0 aliphatic heterocycles. The van der Waals surface area contributed by atoms with Crippen molar-refractivity contribution in [3.63, 3.8) is 0 Å². The highest BCUT2D eigenvalue weighted by molar-refractivity contribution is 9.10. The van der Waals surface area contributed by atoms with Crippen molar-refractivity contribution in [2.45, 2.75) is 26.3 Å². The maximum absolute atomic E-state index is 11.9. The van der Waals surface area contributed by atoms with Crippen molar-refractivity contribution in [1.82, 2.24) is 5.32 Å². The molecule has 0 heterocycles. The van der Waals surface area contributed by atoms with Gasteiger partial charge in [0.15, 0.2) is 0 Å². The largest absolute Gasteiger partial charge is 0.352 e. The molecule has 0 saturated carbocycles. The standard InChI is InChI=1S/C17H18BrNO/c1-13-5-2-3-7-15(13)9-10-17(20)19-12-14-6-4-8-16(18)11-14/h2-8,11H,9-10,12H2,1H3,(H,19,20). The molecule has 0 atom stereocenters. The number of benzene rings is 2. The number of carbonyl (C=O) groups excluding carboxylic acids is 1. The summed E-state index contributed by atoms with van der Waals surface area (Å²) in [5.41, 5.74) is 3.58. The monoisotopic (exact) mass is 331 g/mol. The molecule has 0 aliphatic rings. The fraction of sp³-hybridized carbons (Fsp3) is 0.235. The van der Waals surface area contributed by atoms with Crippen LogP contribution in [0.3, 0.4) is 0 Å². The number of nitrogens with one attached hydrogen (secondary N) is 1. The SMILES string of the molecule is Cc1ccccc1CCC(=O)NCc1cccc(Br)c1. The maximum Gasteiger partial charge on any atom is 0.220 e. The van der Waals surface area contributed by atoms with E-state index in [4.69, 9.17) is 0 Å². The van der Waals surface area contributed by atoms with Gasteiger partial charge in [-0.1, -0.05) is 52.3 Å². The third kappa shape index (κ3) is 4.49. The van der Waals surface area contributed by atoms with Crippen LogP contribution in [-0.2, 0) is 17.8 Å². The zero-order chi connectivity index (χ0) is 14.4. The highest BCUT2D eigenvalue weighted by Gasteiger charge is 2.04. The van der Waals surface area contributed by atoms with Crippen molar-refractivity contribution in [3.8, 4) is 0 Å². The molecule has 0 bridgehead atoms. The van der Waals surface area contributed by atoms with Crippen LogP contribution in [0.4, 0.5) is 0 Å². The summed E-state index contributed by atoms with van der Waals surface area (Å²) in [7, 11) is 0. The van der Waals surface area contributed by atoms with Crippen LogP contribution in [0.5, 0.6) is 0 Å². The van der Waals surface area contributed by atoms with E-state index in [2.05, 4.69) is 40.3 Å². The predicted octanol–water partition coefficient (Wildman–Crippen LogP) is 4.01. The summed E-state index contributed by atoms with van der Waals surface area (Å²) in [5.74, 6) is 0.0910. The molecule has 1 amide bonds. The van der Waals surface area contributed by atoms with Gasteiger partial charge in [-0.25, -0.2) is 0 Å². The molecule has 0 unspecified atom stereocenters.